The zero-order valence-electron chi connectivity index (χ0n) is 13.7. The van der Waals surface area contributed by atoms with Crippen molar-refractivity contribution >= 4 is 0 Å². The Balaban J connectivity index is 2.89. The van der Waals surface area contributed by atoms with Gasteiger partial charge in [-0.15, -0.1) is 0 Å². The number of ether oxygens (including phenoxy) is 1. The standard InChI is InChI=1S/C16H29N3O/c1-7-8-13(6)20-15-10-18-16(11(2)3)19-14(15)9-17-12(4)5/h10-13,17H,7-9H2,1-6H3. The fourth-order valence-corrected chi connectivity index (χ4v) is 1.91. The monoisotopic (exact) mass is 279 g/mol. The molecule has 0 aliphatic rings. The SMILES string of the molecule is CCCC(C)Oc1cnc(C(C)C)nc1CNC(C)C. The molecule has 0 aliphatic carbocycles. The van der Waals surface area contributed by atoms with Gasteiger partial charge in [0, 0.05) is 18.5 Å². The highest BCUT2D eigenvalue weighted by Gasteiger charge is 2.13. The van der Waals surface area contributed by atoms with Crippen LogP contribution in [0.3, 0.4) is 0 Å². The molecule has 114 valence electrons. The predicted octanol–water partition coefficient (Wildman–Crippen LogP) is 3.67. The number of hydrogen-bond acceptors (Lipinski definition) is 4. The van der Waals surface area contributed by atoms with E-state index in [4.69, 9.17) is 4.74 Å². The van der Waals surface area contributed by atoms with Gasteiger partial charge in [0.05, 0.1) is 18.0 Å². The lowest BCUT2D eigenvalue weighted by molar-refractivity contribution is 0.205. The molecule has 0 fully saturated rings. The average molecular weight is 279 g/mol. The van der Waals surface area contributed by atoms with E-state index in [1.165, 1.54) is 0 Å². The Morgan fingerprint density at radius 3 is 2.45 bits per heavy atom. The number of hydrogen-bond donors (Lipinski definition) is 1. The summed E-state index contributed by atoms with van der Waals surface area (Å²) >= 11 is 0. The summed E-state index contributed by atoms with van der Waals surface area (Å²) < 4.78 is 5.99. The first-order valence-corrected chi connectivity index (χ1v) is 7.69. The Bertz CT molecular complexity index is 405. The number of rotatable bonds is 8. The number of nitrogens with zero attached hydrogens (tertiary/aromatic N) is 2. The number of aromatic nitrogens is 2. The van der Waals surface area contributed by atoms with Gasteiger partial charge in [0.1, 0.15) is 5.82 Å². The lowest BCUT2D eigenvalue weighted by Gasteiger charge is -2.18. The average Bonchev–Trinajstić information content (AvgIpc) is 2.37. The van der Waals surface area contributed by atoms with Crippen molar-refractivity contribution in [2.45, 2.75) is 79.0 Å². The van der Waals surface area contributed by atoms with Gasteiger partial charge in [0.15, 0.2) is 5.75 Å². The summed E-state index contributed by atoms with van der Waals surface area (Å²) in [4.78, 5) is 9.07. The molecule has 0 amide bonds. The minimum Gasteiger partial charge on any atom is -0.487 e. The normalized spacial score (nSPS) is 13.0. The molecular weight excluding hydrogens is 250 g/mol. The summed E-state index contributed by atoms with van der Waals surface area (Å²) in [6, 6.07) is 0.424. The van der Waals surface area contributed by atoms with Gasteiger partial charge in [-0.2, -0.15) is 0 Å². The lowest BCUT2D eigenvalue weighted by atomic mass is 10.2. The van der Waals surface area contributed by atoms with Crippen molar-refractivity contribution in [3.05, 3.63) is 17.7 Å². The maximum absolute atomic E-state index is 5.99. The van der Waals surface area contributed by atoms with Gasteiger partial charge >= 0.3 is 0 Å². The molecule has 0 saturated carbocycles. The summed E-state index contributed by atoms with van der Waals surface area (Å²) in [7, 11) is 0. The van der Waals surface area contributed by atoms with Crippen molar-refractivity contribution in [1.82, 2.24) is 15.3 Å². The van der Waals surface area contributed by atoms with Crippen LogP contribution in [0.15, 0.2) is 6.20 Å². The highest BCUT2D eigenvalue weighted by atomic mass is 16.5. The summed E-state index contributed by atoms with van der Waals surface area (Å²) in [6.45, 7) is 13.5. The summed E-state index contributed by atoms with van der Waals surface area (Å²) in [5, 5.41) is 3.40. The van der Waals surface area contributed by atoms with Crippen LogP contribution in [0, 0.1) is 0 Å². The molecule has 4 nitrogen and oxygen atoms in total. The molecule has 1 unspecified atom stereocenters. The Kier molecular flexibility index (Phi) is 6.93. The van der Waals surface area contributed by atoms with E-state index in [-0.39, 0.29) is 6.10 Å². The van der Waals surface area contributed by atoms with E-state index < -0.39 is 0 Å². The molecule has 1 N–H and O–H groups in total. The van der Waals surface area contributed by atoms with E-state index >= 15 is 0 Å². The van der Waals surface area contributed by atoms with Crippen LogP contribution in [-0.2, 0) is 6.54 Å². The predicted molar refractivity (Wildman–Crippen MR) is 83.1 cm³/mol. The highest BCUT2D eigenvalue weighted by molar-refractivity contribution is 5.25. The third-order valence-electron chi connectivity index (χ3n) is 3.07. The first-order chi connectivity index (χ1) is 9.43. The maximum atomic E-state index is 5.99. The molecule has 1 atom stereocenters. The number of nitrogens with one attached hydrogen (secondary N) is 1. The molecule has 0 bridgehead atoms. The van der Waals surface area contributed by atoms with Gasteiger partial charge in [-0.1, -0.05) is 41.0 Å². The first kappa shape index (κ1) is 16.9. The van der Waals surface area contributed by atoms with E-state index in [2.05, 4.69) is 56.8 Å². The Morgan fingerprint density at radius 2 is 1.90 bits per heavy atom. The molecule has 1 aromatic heterocycles. The van der Waals surface area contributed by atoms with Crippen LogP contribution in [0.4, 0.5) is 0 Å². The Morgan fingerprint density at radius 1 is 1.20 bits per heavy atom. The molecule has 1 aromatic rings. The van der Waals surface area contributed by atoms with Crippen molar-refractivity contribution in [2.24, 2.45) is 0 Å². The van der Waals surface area contributed by atoms with Crippen LogP contribution < -0.4 is 10.1 Å². The van der Waals surface area contributed by atoms with E-state index in [0.29, 0.717) is 18.5 Å². The zero-order chi connectivity index (χ0) is 15.1. The zero-order valence-corrected chi connectivity index (χ0v) is 13.7. The topological polar surface area (TPSA) is 47.0 Å². The minimum atomic E-state index is 0.200. The Labute approximate surface area is 123 Å². The maximum Gasteiger partial charge on any atom is 0.160 e. The van der Waals surface area contributed by atoms with Crippen molar-refractivity contribution in [2.75, 3.05) is 0 Å². The van der Waals surface area contributed by atoms with Crippen molar-refractivity contribution in [1.29, 1.82) is 0 Å². The second-order valence-corrected chi connectivity index (χ2v) is 5.95. The van der Waals surface area contributed by atoms with Crippen LogP contribution in [0.2, 0.25) is 0 Å². The fourth-order valence-electron chi connectivity index (χ4n) is 1.91. The minimum absolute atomic E-state index is 0.200. The van der Waals surface area contributed by atoms with Crippen molar-refractivity contribution in [3.63, 3.8) is 0 Å². The third-order valence-corrected chi connectivity index (χ3v) is 3.07. The van der Waals surface area contributed by atoms with E-state index in [0.717, 1.165) is 30.1 Å². The van der Waals surface area contributed by atoms with Crippen LogP contribution >= 0.6 is 0 Å². The smallest absolute Gasteiger partial charge is 0.160 e. The molecule has 20 heavy (non-hydrogen) atoms. The highest BCUT2D eigenvalue weighted by Crippen LogP contribution is 2.20. The van der Waals surface area contributed by atoms with E-state index in [1.54, 1.807) is 0 Å². The van der Waals surface area contributed by atoms with Gasteiger partial charge in [0.2, 0.25) is 0 Å². The molecule has 4 heteroatoms. The summed E-state index contributed by atoms with van der Waals surface area (Å²) in [6.07, 6.45) is 4.19. The second-order valence-electron chi connectivity index (χ2n) is 5.95. The first-order valence-electron chi connectivity index (χ1n) is 7.69. The molecule has 1 rings (SSSR count). The van der Waals surface area contributed by atoms with E-state index in [9.17, 15) is 0 Å². The summed E-state index contributed by atoms with van der Waals surface area (Å²) in [5.74, 6) is 2.01. The molecule has 0 aliphatic heterocycles. The Hall–Kier alpha value is -1.16. The third kappa shape index (κ3) is 5.45. The van der Waals surface area contributed by atoms with Crippen molar-refractivity contribution in [3.8, 4) is 5.75 Å². The molecule has 0 saturated heterocycles. The quantitative estimate of drug-likeness (QED) is 0.789. The van der Waals surface area contributed by atoms with Gasteiger partial charge in [-0.25, -0.2) is 9.97 Å². The largest absolute Gasteiger partial charge is 0.487 e. The molecular formula is C16H29N3O. The van der Waals surface area contributed by atoms with Gasteiger partial charge in [-0.05, 0) is 13.3 Å². The lowest BCUT2D eigenvalue weighted by Crippen LogP contribution is -2.24. The molecule has 0 spiro atoms. The summed E-state index contributed by atoms with van der Waals surface area (Å²) in [5.41, 5.74) is 0.959. The molecule has 0 aromatic carbocycles. The van der Waals surface area contributed by atoms with Gasteiger partial charge in [0.25, 0.3) is 0 Å². The molecule has 1 heterocycles. The van der Waals surface area contributed by atoms with Gasteiger partial charge in [-0.3, -0.25) is 0 Å². The van der Waals surface area contributed by atoms with Crippen LogP contribution in [-0.4, -0.2) is 22.1 Å². The van der Waals surface area contributed by atoms with Gasteiger partial charge < -0.3 is 10.1 Å². The van der Waals surface area contributed by atoms with Crippen LogP contribution in [0.25, 0.3) is 0 Å². The van der Waals surface area contributed by atoms with Crippen molar-refractivity contribution < 1.29 is 4.74 Å². The van der Waals surface area contributed by atoms with Crippen LogP contribution in [0.1, 0.15) is 71.8 Å². The fraction of sp³-hybridized carbons (Fsp3) is 0.750. The van der Waals surface area contributed by atoms with E-state index in [1.807, 2.05) is 6.20 Å². The van der Waals surface area contributed by atoms with Crippen LogP contribution in [0.5, 0.6) is 5.75 Å². The molecule has 0 radical (unpaired) electrons. The second kappa shape index (κ2) is 8.20.